The summed E-state index contributed by atoms with van der Waals surface area (Å²) in [7, 11) is 0. The minimum absolute atomic E-state index is 0.0205. The summed E-state index contributed by atoms with van der Waals surface area (Å²) in [5.41, 5.74) is 6.61. The van der Waals surface area contributed by atoms with Crippen molar-refractivity contribution < 1.29 is 4.79 Å². The highest BCUT2D eigenvalue weighted by Crippen LogP contribution is 2.19. The number of nitrogen functional groups attached to an aromatic ring is 1. The molecule has 1 unspecified atom stereocenters. The van der Waals surface area contributed by atoms with Gasteiger partial charge in [-0.05, 0) is 18.4 Å². The maximum absolute atomic E-state index is 11.9. The van der Waals surface area contributed by atoms with Crippen molar-refractivity contribution in [2.45, 2.75) is 33.7 Å². The number of aromatic nitrogens is 1. The molecule has 16 heavy (non-hydrogen) atoms. The third-order valence-electron chi connectivity index (χ3n) is 2.75. The van der Waals surface area contributed by atoms with Crippen molar-refractivity contribution in [3.05, 3.63) is 24.0 Å². The molecule has 1 aromatic rings. The molecule has 0 aliphatic heterocycles. The number of pyridine rings is 1. The van der Waals surface area contributed by atoms with Crippen LogP contribution in [0.4, 0.5) is 5.69 Å². The Morgan fingerprint density at radius 3 is 2.62 bits per heavy atom. The number of nitrogens with two attached hydrogens (primary N) is 1. The van der Waals surface area contributed by atoms with E-state index >= 15 is 0 Å². The van der Waals surface area contributed by atoms with Crippen molar-refractivity contribution in [2.24, 2.45) is 5.41 Å². The van der Waals surface area contributed by atoms with E-state index in [1.54, 1.807) is 12.3 Å². The fraction of sp³-hybridized carbons (Fsp3) is 0.500. The SMILES string of the molecule is CC(NC(=O)c1cnccc1N)C(C)(C)C. The van der Waals surface area contributed by atoms with Crippen molar-refractivity contribution >= 4 is 11.6 Å². The molecule has 0 bridgehead atoms. The first-order chi connectivity index (χ1) is 7.32. The van der Waals surface area contributed by atoms with Crippen molar-refractivity contribution in [3.63, 3.8) is 0 Å². The summed E-state index contributed by atoms with van der Waals surface area (Å²) in [6, 6.07) is 1.69. The number of rotatable bonds is 2. The van der Waals surface area contributed by atoms with Crippen LogP contribution in [0.5, 0.6) is 0 Å². The smallest absolute Gasteiger partial charge is 0.255 e. The van der Waals surface area contributed by atoms with Gasteiger partial charge in [-0.25, -0.2) is 0 Å². The van der Waals surface area contributed by atoms with E-state index in [9.17, 15) is 4.79 Å². The number of carbonyl (C=O) groups excluding carboxylic acids is 1. The van der Waals surface area contributed by atoms with E-state index in [4.69, 9.17) is 5.73 Å². The van der Waals surface area contributed by atoms with Crippen LogP contribution in [0, 0.1) is 5.41 Å². The number of nitrogens with one attached hydrogen (secondary N) is 1. The molecule has 88 valence electrons. The van der Waals surface area contributed by atoms with E-state index in [2.05, 4.69) is 31.1 Å². The van der Waals surface area contributed by atoms with E-state index in [0.29, 0.717) is 11.3 Å². The molecule has 0 aromatic carbocycles. The highest BCUT2D eigenvalue weighted by molar-refractivity contribution is 5.98. The average molecular weight is 221 g/mol. The predicted molar refractivity (Wildman–Crippen MR) is 65.0 cm³/mol. The summed E-state index contributed by atoms with van der Waals surface area (Å²) in [4.78, 5) is 15.8. The monoisotopic (exact) mass is 221 g/mol. The fourth-order valence-electron chi connectivity index (χ4n) is 1.09. The first-order valence-electron chi connectivity index (χ1n) is 5.32. The molecule has 0 saturated heterocycles. The number of nitrogens with zero attached hydrogens (tertiary/aromatic N) is 1. The van der Waals surface area contributed by atoms with E-state index in [1.165, 1.54) is 6.20 Å². The molecular weight excluding hydrogens is 202 g/mol. The van der Waals surface area contributed by atoms with Gasteiger partial charge in [-0.3, -0.25) is 9.78 Å². The summed E-state index contributed by atoms with van der Waals surface area (Å²) in [6.45, 7) is 8.20. The van der Waals surface area contributed by atoms with Crippen LogP contribution >= 0.6 is 0 Å². The van der Waals surface area contributed by atoms with Gasteiger partial charge in [-0.15, -0.1) is 0 Å². The van der Waals surface area contributed by atoms with Gasteiger partial charge >= 0.3 is 0 Å². The topological polar surface area (TPSA) is 68.0 Å². The van der Waals surface area contributed by atoms with Crippen LogP contribution in [0.3, 0.4) is 0 Å². The Labute approximate surface area is 96.3 Å². The molecule has 0 radical (unpaired) electrons. The number of hydrogen-bond donors (Lipinski definition) is 2. The van der Waals surface area contributed by atoms with Gasteiger partial charge in [0, 0.05) is 24.1 Å². The summed E-state index contributed by atoms with van der Waals surface area (Å²) in [5, 5.41) is 2.92. The predicted octanol–water partition coefficient (Wildman–Crippen LogP) is 1.83. The first-order valence-corrected chi connectivity index (χ1v) is 5.32. The molecule has 1 rings (SSSR count). The van der Waals surface area contributed by atoms with Gasteiger partial charge < -0.3 is 11.1 Å². The van der Waals surface area contributed by atoms with Gasteiger partial charge in [0.2, 0.25) is 0 Å². The quantitative estimate of drug-likeness (QED) is 0.800. The van der Waals surface area contributed by atoms with Gasteiger partial charge in [0.15, 0.2) is 0 Å². The maximum Gasteiger partial charge on any atom is 0.255 e. The Bertz CT molecular complexity index is 382. The van der Waals surface area contributed by atoms with Crippen molar-refractivity contribution in [1.29, 1.82) is 0 Å². The van der Waals surface area contributed by atoms with Crippen molar-refractivity contribution in [3.8, 4) is 0 Å². The zero-order valence-electron chi connectivity index (χ0n) is 10.2. The summed E-state index contributed by atoms with van der Waals surface area (Å²) in [6.07, 6.45) is 3.05. The zero-order valence-corrected chi connectivity index (χ0v) is 10.2. The molecule has 1 aromatic heterocycles. The highest BCUT2D eigenvalue weighted by atomic mass is 16.1. The minimum atomic E-state index is -0.173. The normalized spacial score (nSPS) is 13.2. The largest absolute Gasteiger partial charge is 0.398 e. The lowest BCUT2D eigenvalue weighted by Gasteiger charge is -2.28. The summed E-state index contributed by atoms with van der Waals surface area (Å²) in [5.74, 6) is -0.173. The van der Waals surface area contributed by atoms with E-state index in [-0.39, 0.29) is 17.4 Å². The highest BCUT2D eigenvalue weighted by Gasteiger charge is 2.22. The second-order valence-corrected chi connectivity index (χ2v) is 5.02. The molecular formula is C12H19N3O. The van der Waals surface area contributed by atoms with Crippen molar-refractivity contribution in [1.82, 2.24) is 10.3 Å². The number of amides is 1. The second kappa shape index (κ2) is 4.51. The number of carbonyl (C=O) groups is 1. The second-order valence-electron chi connectivity index (χ2n) is 5.02. The molecule has 1 atom stereocenters. The Morgan fingerprint density at radius 1 is 1.50 bits per heavy atom. The lowest BCUT2D eigenvalue weighted by molar-refractivity contribution is 0.0910. The number of hydrogen-bond acceptors (Lipinski definition) is 3. The average Bonchev–Trinajstić information content (AvgIpc) is 2.16. The Balaban J connectivity index is 2.78. The first kappa shape index (κ1) is 12.5. The van der Waals surface area contributed by atoms with Crippen LogP contribution < -0.4 is 11.1 Å². The van der Waals surface area contributed by atoms with Crippen LogP contribution in [-0.4, -0.2) is 16.9 Å². The molecule has 0 aliphatic rings. The fourth-order valence-corrected chi connectivity index (χ4v) is 1.09. The van der Waals surface area contributed by atoms with Crippen LogP contribution in [0.15, 0.2) is 18.5 Å². The van der Waals surface area contributed by atoms with Gasteiger partial charge in [0.05, 0.1) is 5.56 Å². The molecule has 0 aliphatic carbocycles. The van der Waals surface area contributed by atoms with E-state index in [0.717, 1.165) is 0 Å². The van der Waals surface area contributed by atoms with Gasteiger partial charge in [0.25, 0.3) is 5.91 Å². The number of anilines is 1. The van der Waals surface area contributed by atoms with Gasteiger partial charge in [0.1, 0.15) is 0 Å². The van der Waals surface area contributed by atoms with Crippen LogP contribution in [0.25, 0.3) is 0 Å². The Morgan fingerprint density at radius 2 is 2.12 bits per heavy atom. The molecule has 0 saturated carbocycles. The lowest BCUT2D eigenvalue weighted by atomic mass is 9.88. The molecule has 0 fully saturated rings. The van der Waals surface area contributed by atoms with E-state index in [1.807, 2.05) is 6.92 Å². The van der Waals surface area contributed by atoms with Gasteiger partial charge in [-0.2, -0.15) is 0 Å². The lowest BCUT2D eigenvalue weighted by Crippen LogP contribution is -2.41. The van der Waals surface area contributed by atoms with Crippen LogP contribution in [-0.2, 0) is 0 Å². The van der Waals surface area contributed by atoms with E-state index < -0.39 is 0 Å². The molecule has 4 nitrogen and oxygen atoms in total. The minimum Gasteiger partial charge on any atom is -0.398 e. The maximum atomic E-state index is 11.9. The molecule has 1 amide bonds. The van der Waals surface area contributed by atoms with Crippen LogP contribution in [0.1, 0.15) is 38.1 Å². The molecule has 1 heterocycles. The molecule has 0 spiro atoms. The third kappa shape index (κ3) is 2.95. The zero-order chi connectivity index (χ0) is 12.3. The van der Waals surface area contributed by atoms with Crippen LogP contribution in [0.2, 0.25) is 0 Å². The standard InChI is InChI=1S/C12H19N3O/c1-8(12(2,3)4)15-11(16)9-7-14-6-5-10(9)13/h5-8H,1-4H3,(H2,13,14)(H,15,16). The molecule has 4 heteroatoms. The third-order valence-corrected chi connectivity index (χ3v) is 2.75. The summed E-state index contributed by atoms with van der Waals surface area (Å²) < 4.78 is 0. The molecule has 3 N–H and O–H groups in total. The van der Waals surface area contributed by atoms with Crippen molar-refractivity contribution in [2.75, 3.05) is 5.73 Å². The Hall–Kier alpha value is -1.58. The Kier molecular flexibility index (Phi) is 3.52. The van der Waals surface area contributed by atoms with Gasteiger partial charge in [-0.1, -0.05) is 20.8 Å². The summed E-state index contributed by atoms with van der Waals surface area (Å²) >= 11 is 0.